The number of aliphatic hydroxyl groups excluding tert-OH is 1. The van der Waals surface area contributed by atoms with Crippen molar-refractivity contribution >= 4 is 40.1 Å². The fourth-order valence-corrected chi connectivity index (χ4v) is 4.52. The van der Waals surface area contributed by atoms with Gasteiger partial charge in [0.25, 0.3) is 0 Å². The van der Waals surface area contributed by atoms with Gasteiger partial charge in [-0.1, -0.05) is 30.5 Å². The molecule has 1 aliphatic heterocycles. The minimum absolute atomic E-state index is 0.0119. The van der Waals surface area contributed by atoms with Crippen LogP contribution in [0.4, 0.5) is 14.2 Å². The summed E-state index contributed by atoms with van der Waals surface area (Å²) in [6, 6.07) is 3.49. The number of unbranched alkanes of at least 4 members (excludes halogenated alkanes) is 2. The molecule has 1 unspecified atom stereocenters. The van der Waals surface area contributed by atoms with Crippen molar-refractivity contribution in [3.8, 4) is 5.88 Å². The predicted molar refractivity (Wildman–Crippen MR) is 134 cm³/mol. The zero-order chi connectivity index (χ0) is 25.9. The molecule has 1 fully saturated rings. The Balaban J connectivity index is 1.37. The highest BCUT2D eigenvalue weighted by Crippen LogP contribution is 2.31. The molecule has 4 N–H and O–H groups in total. The molecule has 10 nitrogen and oxygen atoms in total. The van der Waals surface area contributed by atoms with Crippen LogP contribution in [0.2, 0.25) is 5.02 Å². The van der Waals surface area contributed by atoms with Crippen molar-refractivity contribution in [3.05, 3.63) is 40.2 Å². The number of aromatic nitrogens is 1. The minimum Gasteiger partial charge on any atom is -0.477 e. The number of benzene rings is 1. The van der Waals surface area contributed by atoms with Crippen molar-refractivity contribution in [2.24, 2.45) is 0 Å². The predicted octanol–water partition coefficient (Wildman–Crippen LogP) is 3.59. The molecular weight excluding hydrogens is 515 g/mol. The molecule has 0 bridgehead atoms. The van der Waals surface area contributed by atoms with Crippen molar-refractivity contribution < 1.29 is 33.7 Å². The first kappa shape index (κ1) is 28.1. The Morgan fingerprint density at radius 1 is 1.28 bits per heavy atom. The number of carbonyl (C=O) groups excluding carboxylic acids is 1. The Morgan fingerprint density at radius 2 is 2.06 bits per heavy atom. The van der Waals surface area contributed by atoms with Crippen LogP contribution in [0.5, 0.6) is 5.88 Å². The van der Waals surface area contributed by atoms with Gasteiger partial charge < -0.3 is 25.0 Å². The second-order valence-corrected chi connectivity index (χ2v) is 9.53. The summed E-state index contributed by atoms with van der Waals surface area (Å²) in [5, 5.41) is 25.1. The number of rotatable bonds is 13. The third-order valence-electron chi connectivity index (χ3n) is 5.55. The monoisotopic (exact) mass is 544 g/mol. The molecule has 198 valence electrons. The first-order valence-electron chi connectivity index (χ1n) is 11.7. The van der Waals surface area contributed by atoms with Gasteiger partial charge in [-0.2, -0.15) is 4.37 Å². The van der Waals surface area contributed by atoms with E-state index in [0.29, 0.717) is 39.1 Å². The number of aliphatic hydroxyl groups is 1. The van der Waals surface area contributed by atoms with E-state index in [1.807, 2.05) is 0 Å². The minimum atomic E-state index is -1.33. The molecular formula is C23H30ClFN4O6S. The number of carboxylic acid groups (broad SMARTS) is 1. The molecule has 1 aromatic heterocycles. The van der Waals surface area contributed by atoms with Crippen LogP contribution in [0, 0.1) is 5.82 Å². The van der Waals surface area contributed by atoms with Gasteiger partial charge in [-0.15, -0.1) is 0 Å². The average Bonchev–Trinajstić information content (AvgIpc) is 3.24. The Hall–Kier alpha value is -2.51. The van der Waals surface area contributed by atoms with E-state index in [0.717, 1.165) is 43.5 Å². The molecule has 2 amide bonds. The van der Waals surface area contributed by atoms with Crippen molar-refractivity contribution in [1.29, 1.82) is 0 Å². The summed E-state index contributed by atoms with van der Waals surface area (Å²) in [6.07, 6.45) is 2.69. The second kappa shape index (κ2) is 14.3. The molecule has 3 rings (SSSR count). The van der Waals surface area contributed by atoms with Gasteiger partial charge in [0, 0.05) is 36.8 Å². The normalized spacial score (nSPS) is 14.9. The molecule has 0 aliphatic carbocycles. The lowest BCUT2D eigenvalue weighted by atomic mass is 10.1. The Kier molecular flexibility index (Phi) is 11.1. The number of aromatic carboxylic acids is 1. The molecule has 0 saturated carbocycles. The van der Waals surface area contributed by atoms with Crippen LogP contribution in [0.15, 0.2) is 18.2 Å². The van der Waals surface area contributed by atoms with E-state index in [1.54, 1.807) is 0 Å². The van der Waals surface area contributed by atoms with Crippen molar-refractivity contribution in [3.63, 3.8) is 0 Å². The van der Waals surface area contributed by atoms with Crippen molar-refractivity contribution in [2.45, 2.75) is 38.4 Å². The SMILES string of the molecule is O=C(NCCCCCC(O)CN1CCOCC1)Nc1snc(OCc2ccc(Cl)cc2F)c1C(=O)O. The quantitative estimate of drug-likeness (QED) is 0.281. The zero-order valence-corrected chi connectivity index (χ0v) is 21.2. The van der Waals surface area contributed by atoms with Crippen molar-refractivity contribution in [1.82, 2.24) is 14.6 Å². The molecule has 2 aromatic rings. The summed E-state index contributed by atoms with van der Waals surface area (Å²) in [7, 11) is 0. The van der Waals surface area contributed by atoms with E-state index in [-0.39, 0.29) is 39.7 Å². The largest absolute Gasteiger partial charge is 0.477 e. The van der Waals surface area contributed by atoms with Crippen molar-refractivity contribution in [2.75, 3.05) is 44.7 Å². The van der Waals surface area contributed by atoms with Crippen LogP contribution in [-0.2, 0) is 11.3 Å². The number of carbonyl (C=O) groups is 2. The van der Waals surface area contributed by atoms with Gasteiger partial charge in [-0.3, -0.25) is 10.2 Å². The molecule has 0 spiro atoms. The maximum absolute atomic E-state index is 13.9. The van der Waals surface area contributed by atoms with Gasteiger partial charge in [-0.25, -0.2) is 14.0 Å². The Labute approximate surface area is 217 Å². The molecule has 1 aliphatic rings. The molecule has 1 atom stereocenters. The van der Waals surface area contributed by atoms with E-state index in [4.69, 9.17) is 21.1 Å². The highest BCUT2D eigenvalue weighted by Gasteiger charge is 2.24. The zero-order valence-electron chi connectivity index (χ0n) is 19.7. The number of hydrogen-bond acceptors (Lipinski definition) is 8. The fraction of sp³-hybridized carbons (Fsp3) is 0.522. The lowest BCUT2D eigenvalue weighted by Crippen LogP contribution is -2.40. The van der Waals surface area contributed by atoms with Crippen LogP contribution in [0.25, 0.3) is 0 Å². The number of halogens is 2. The smallest absolute Gasteiger partial charge is 0.344 e. The molecule has 13 heteroatoms. The van der Waals surface area contributed by atoms with E-state index < -0.39 is 17.8 Å². The fourth-order valence-electron chi connectivity index (χ4n) is 3.64. The van der Waals surface area contributed by atoms with E-state index in [9.17, 15) is 24.2 Å². The summed E-state index contributed by atoms with van der Waals surface area (Å²) in [5.41, 5.74) is -0.122. The lowest BCUT2D eigenvalue weighted by molar-refractivity contribution is 0.0127. The second-order valence-electron chi connectivity index (χ2n) is 8.32. The maximum atomic E-state index is 13.9. The number of carboxylic acids is 1. The van der Waals surface area contributed by atoms with Gasteiger partial charge in [0.1, 0.15) is 17.4 Å². The van der Waals surface area contributed by atoms with Gasteiger partial charge in [0.05, 0.1) is 19.3 Å². The Morgan fingerprint density at radius 3 is 2.78 bits per heavy atom. The number of hydrogen-bond donors (Lipinski definition) is 4. The van der Waals surface area contributed by atoms with Gasteiger partial charge in [0.2, 0.25) is 5.88 Å². The Bertz CT molecular complexity index is 1020. The first-order valence-corrected chi connectivity index (χ1v) is 12.8. The summed E-state index contributed by atoms with van der Waals surface area (Å²) in [5.74, 6) is -2.13. The van der Waals surface area contributed by atoms with Gasteiger partial charge >= 0.3 is 12.0 Å². The summed E-state index contributed by atoms with van der Waals surface area (Å²) < 4.78 is 28.6. The molecule has 0 radical (unpaired) electrons. The van der Waals surface area contributed by atoms with E-state index in [1.165, 1.54) is 12.1 Å². The third-order valence-corrected chi connectivity index (χ3v) is 6.53. The summed E-state index contributed by atoms with van der Waals surface area (Å²) in [4.78, 5) is 26.1. The van der Waals surface area contributed by atoms with Crippen LogP contribution in [0.3, 0.4) is 0 Å². The lowest BCUT2D eigenvalue weighted by Gasteiger charge is -2.28. The van der Waals surface area contributed by atoms with Gasteiger partial charge in [-0.05, 0) is 36.5 Å². The maximum Gasteiger partial charge on any atom is 0.344 e. The van der Waals surface area contributed by atoms with Gasteiger partial charge in [0.15, 0.2) is 5.56 Å². The molecule has 1 saturated heterocycles. The third kappa shape index (κ3) is 8.86. The highest BCUT2D eigenvalue weighted by atomic mass is 35.5. The number of β-amino-alcohol motifs (C(OH)–C–C–N with tert-alkyl or cyclic N) is 1. The highest BCUT2D eigenvalue weighted by molar-refractivity contribution is 7.11. The van der Waals surface area contributed by atoms with Crippen LogP contribution in [0.1, 0.15) is 41.6 Å². The number of anilines is 1. The standard InChI is InChI=1S/C23H30ClFN4O6S/c24-16-6-5-15(18(25)12-16)14-35-20-19(22(31)32)21(36-28-20)27-23(33)26-7-3-1-2-4-17(30)13-29-8-10-34-11-9-29/h5-6,12,17,30H,1-4,7-11,13-14H2,(H,31,32)(H2,26,27,33). The number of urea groups is 1. The summed E-state index contributed by atoms with van der Waals surface area (Å²) in [6.45, 7) is 3.87. The number of amides is 2. The number of nitrogens with one attached hydrogen (secondary N) is 2. The van der Waals surface area contributed by atoms with E-state index in [2.05, 4.69) is 19.9 Å². The average molecular weight is 545 g/mol. The number of morpholine rings is 1. The van der Waals surface area contributed by atoms with Crippen LogP contribution >= 0.6 is 23.1 Å². The number of ether oxygens (including phenoxy) is 2. The summed E-state index contributed by atoms with van der Waals surface area (Å²) >= 11 is 6.49. The van der Waals surface area contributed by atoms with Crippen LogP contribution in [-0.4, -0.2) is 77.0 Å². The van der Waals surface area contributed by atoms with E-state index >= 15 is 0 Å². The molecule has 36 heavy (non-hydrogen) atoms. The molecule has 1 aromatic carbocycles. The van der Waals surface area contributed by atoms with Crippen LogP contribution < -0.4 is 15.4 Å². The molecule has 2 heterocycles. The topological polar surface area (TPSA) is 133 Å². The first-order chi connectivity index (χ1) is 17.3. The number of nitrogens with zero attached hydrogens (tertiary/aromatic N) is 2.